The number of nitrogens with one attached hydrogen (secondary N) is 3. The van der Waals surface area contributed by atoms with Gasteiger partial charge < -0.3 is 10.6 Å². The highest BCUT2D eigenvalue weighted by Crippen LogP contribution is 2.31. The van der Waals surface area contributed by atoms with Crippen LogP contribution < -0.4 is 10.6 Å². The molecule has 3 N–H and O–H groups in total. The molecule has 3 aromatic rings. The summed E-state index contributed by atoms with van der Waals surface area (Å²) in [7, 11) is 0. The summed E-state index contributed by atoms with van der Waals surface area (Å²) in [6.07, 6.45) is 6.64. The smallest absolute Gasteiger partial charge is 0.229 e. The van der Waals surface area contributed by atoms with E-state index in [4.69, 9.17) is 11.6 Å². The zero-order valence-electron chi connectivity index (χ0n) is 18.4. The Hall–Kier alpha value is -2.60. The minimum Gasteiger partial charge on any atom is -0.324 e. The number of aromatic amines is 1. The first-order chi connectivity index (χ1) is 14.4. The fourth-order valence-electron chi connectivity index (χ4n) is 3.60. The normalized spacial score (nSPS) is 12.1. The quantitative estimate of drug-likeness (QED) is 0.322. The van der Waals surface area contributed by atoms with Crippen LogP contribution in [-0.2, 0) is 0 Å². The largest absolute Gasteiger partial charge is 0.324 e. The van der Waals surface area contributed by atoms with Crippen molar-refractivity contribution >= 4 is 34.9 Å². The minimum atomic E-state index is 0.436. The van der Waals surface area contributed by atoms with Gasteiger partial charge in [-0.25, -0.2) is 4.98 Å². The third-order valence-electron chi connectivity index (χ3n) is 5.33. The number of nitrogens with zero attached hydrogens (tertiary/aromatic N) is 3. The molecule has 3 rings (SSSR count). The van der Waals surface area contributed by atoms with E-state index in [9.17, 15) is 0 Å². The summed E-state index contributed by atoms with van der Waals surface area (Å²) in [5.41, 5.74) is 5.83. The van der Waals surface area contributed by atoms with Gasteiger partial charge in [0.25, 0.3) is 0 Å². The molecule has 30 heavy (non-hydrogen) atoms. The second-order valence-corrected chi connectivity index (χ2v) is 8.40. The third kappa shape index (κ3) is 5.51. The molecule has 0 saturated carbocycles. The molecule has 7 heteroatoms. The Balaban J connectivity index is 1.77. The topological polar surface area (TPSA) is 78.5 Å². The van der Waals surface area contributed by atoms with Gasteiger partial charge in [-0.15, -0.1) is 0 Å². The maximum absolute atomic E-state index is 6.27. The second-order valence-electron chi connectivity index (χ2n) is 8.00. The van der Waals surface area contributed by atoms with Gasteiger partial charge in [-0.05, 0) is 55.9 Å². The molecule has 160 valence electrons. The van der Waals surface area contributed by atoms with E-state index in [0.717, 1.165) is 11.4 Å². The summed E-state index contributed by atoms with van der Waals surface area (Å²) in [4.78, 5) is 8.87. The molecule has 2 aromatic heterocycles. The van der Waals surface area contributed by atoms with E-state index in [1.165, 1.54) is 42.4 Å². The monoisotopic (exact) mass is 426 g/mol. The van der Waals surface area contributed by atoms with Crippen LogP contribution in [0.25, 0.3) is 0 Å². The lowest BCUT2D eigenvalue weighted by molar-refractivity contribution is 0.596. The average Bonchev–Trinajstić information content (AvgIpc) is 3.11. The van der Waals surface area contributed by atoms with Gasteiger partial charge in [0.05, 0.1) is 6.20 Å². The van der Waals surface area contributed by atoms with Crippen molar-refractivity contribution < 1.29 is 0 Å². The summed E-state index contributed by atoms with van der Waals surface area (Å²) >= 11 is 6.27. The molecular formula is C23H31ClN6. The second kappa shape index (κ2) is 9.94. The van der Waals surface area contributed by atoms with Crippen molar-refractivity contribution in [2.75, 3.05) is 10.6 Å². The Morgan fingerprint density at radius 2 is 1.87 bits per heavy atom. The van der Waals surface area contributed by atoms with Gasteiger partial charge >= 0.3 is 0 Å². The molecule has 0 radical (unpaired) electrons. The Bertz CT molecular complexity index is 997. The zero-order valence-corrected chi connectivity index (χ0v) is 19.2. The predicted octanol–water partition coefficient (Wildman–Crippen LogP) is 6.95. The van der Waals surface area contributed by atoms with Crippen molar-refractivity contribution in [2.24, 2.45) is 0 Å². The fraction of sp³-hybridized carbons (Fsp3) is 0.435. The Morgan fingerprint density at radius 1 is 1.07 bits per heavy atom. The number of H-pyrrole nitrogens is 1. The highest BCUT2D eigenvalue weighted by Gasteiger charge is 2.13. The van der Waals surface area contributed by atoms with Gasteiger partial charge in [0, 0.05) is 17.4 Å². The van der Waals surface area contributed by atoms with E-state index < -0.39 is 0 Å². The van der Waals surface area contributed by atoms with Crippen molar-refractivity contribution in [2.45, 2.75) is 66.2 Å². The number of aromatic nitrogens is 4. The molecule has 2 heterocycles. The van der Waals surface area contributed by atoms with Crippen LogP contribution in [0.5, 0.6) is 0 Å². The van der Waals surface area contributed by atoms with Crippen LogP contribution in [0.2, 0.25) is 5.02 Å². The van der Waals surface area contributed by atoms with Gasteiger partial charge in [-0.3, -0.25) is 5.10 Å². The number of hydrogen-bond acceptors (Lipinski definition) is 5. The maximum atomic E-state index is 6.27. The van der Waals surface area contributed by atoms with E-state index in [2.05, 4.69) is 70.6 Å². The molecule has 1 atom stereocenters. The molecule has 0 saturated heterocycles. The average molecular weight is 427 g/mol. The molecule has 0 amide bonds. The van der Waals surface area contributed by atoms with Crippen LogP contribution in [0, 0.1) is 20.8 Å². The number of benzene rings is 1. The molecule has 0 aliphatic heterocycles. The predicted molar refractivity (Wildman–Crippen MR) is 125 cm³/mol. The van der Waals surface area contributed by atoms with Crippen LogP contribution in [0.4, 0.5) is 23.3 Å². The van der Waals surface area contributed by atoms with Gasteiger partial charge in [0.1, 0.15) is 5.02 Å². The van der Waals surface area contributed by atoms with E-state index in [1.807, 2.05) is 13.0 Å². The standard InChI is InChI=1S/C23H31ClN6/c1-6-7-8-9-14(2)18-10-16(4)20(11-15(18)3)26-23-25-13-19(24)22(28-23)27-21-12-17(5)29-30-21/h10-14H,6-9H2,1-5H3,(H3,25,26,27,28,29,30). The Labute approximate surface area is 183 Å². The molecule has 0 aliphatic carbocycles. The number of anilines is 4. The van der Waals surface area contributed by atoms with Crippen molar-refractivity contribution in [3.63, 3.8) is 0 Å². The van der Waals surface area contributed by atoms with Gasteiger partial charge in [0.15, 0.2) is 11.6 Å². The molecule has 0 aliphatic rings. The van der Waals surface area contributed by atoms with Gasteiger partial charge in [-0.1, -0.05) is 50.8 Å². The summed E-state index contributed by atoms with van der Waals surface area (Å²) in [5.74, 6) is 2.22. The summed E-state index contributed by atoms with van der Waals surface area (Å²) in [6, 6.07) is 6.36. The summed E-state index contributed by atoms with van der Waals surface area (Å²) < 4.78 is 0. The maximum Gasteiger partial charge on any atom is 0.229 e. The lowest BCUT2D eigenvalue weighted by Gasteiger charge is -2.18. The lowest BCUT2D eigenvalue weighted by Crippen LogP contribution is -2.04. The van der Waals surface area contributed by atoms with E-state index in [-0.39, 0.29) is 0 Å². The third-order valence-corrected chi connectivity index (χ3v) is 5.60. The van der Waals surface area contributed by atoms with E-state index >= 15 is 0 Å². The van der Waals surface area contributed by atoms with Crippen LogP contribution in [0.1, 0.15) is 67.8 Å². The van der Waals surface area contributed by atoms with Crippen molar-refractivity contribution in [3.8, 4) is 0 Å². The molecule has 1 unspecified atom stereocenters. The van der Waals surface area contributed by atoms with Crippen LogP contribution in [-0.4, -0.2) is 20.2 Å². The molecule has 1 aromatic carbocycles. The molecular weight excluding hydrogens is 396 g/mol. The number of unbranched alkanes of at least 4 members (excludes halogenated alkanes) is 2. The lowest BCUT2D eigenvalue weighted by atomic mass is 9.90. The zero-order chi connectivity index (χ0) is 21.7. The molecule has 0 spiro atoms. The number of rotatable bonds is 9. The van der Waals surface area contributed by atoms with E-state index in [0.29, 0.717) is 28.5 Å². The minimum absolute atomic E-state index is 0.436. The van der Waals surface area contributed by atoms with Gasteiger partial charge in [0.2, 0.25) is 5.95 Å². The van der Waals surface area contributed by atoms with Crippen LogP contribution in [0.15, 0.2) is 24.4 Å². The number of aryl methyl sites for hydroxylation is 3. The van der Waals surface area contributed by atoms with Crippen molar-refractivity contribution in [1.82, 2.24) is 20.2 Å². The number of halogens is 1. The first kappa shape index (κ1) is 22.1. The highest BCUT2D eigenvalue weighted by atomic mass is 35.5. The number of hydrogen-bond donors (Lipinski definition) is 3. The Kier molecular flexibility index (Phi) is 7.32. The molecule has 0 bridgehead atoms. The van der Waals surface area contributed by atoms with Crippen LogP contribution in [0.3, 0.4) is 0 Å². The molecule has 0 fully saturated rings. The van der Waals surface area contributed by atoms with Crippen molar-refractivity contribution in [3.05, 3.63) is 51.8 Å². The highest BCUT2D eigenvalue weighted by molar-refractivity contribution is 6.32. The van der Waals surface area contributed by atoms with Crippen molar-refractivity contribution in [1.29, 1.82) is 0 Å². The van der Waals surface area contributed by atoms with Crippen LogP contribution >= 0.6 is 11.6 Å². The first-order valence-electron chi connectivity index (χ1n) is 10.6. The van der Waals surface area contributed by atoms with Gasteiger partial charge in [-0.2, -0.15) is 10.1 Å². The first-order valence-corrected chi connectivity index (χ1v) is 10.9. The SMILES string of the molecule is CCCCCC(C)c1cc(C)c(Nc2ncc(Cl)c(Nc3cc(C)[nH]n3)n2)cc1C. The fourth-order valence-corrected chi connectivity index (χ4v) is 3.74. The van der Waals surface area contributed by atoms with E-state index in [1.54, 1.807) is 6.20 Å². The molecule has 6 nitrogen and oxygen atoms in total. The summed E-state index contributed by atoms with van der Waals surface area (Å²) in [6.45, 7) is 10.8. The summed E-state index contributed by atoms with van der Waals surface area (Å²) in [5, 5.41) is 14.0. The Morgan fingerprint density at radius 3 is 2.57 bits per heavy atom.